The number of ketones is 3. The number of hydrogen-bond donors (Lipinski definition) is 1. The van der Waals surface area contributed by atoms with E-state index in [0.717, 1.165) is 55.9 Å². The molecule has 4 aromatic heterocycles. The number of allylic oxidation sites excluding steroid dienone is 2. The molecule has 0 bridgehead atoms. The van der Waals surface area contributed by atoms with Crippen molar-refractivity contribution >= 4 is 17.3 Å². The number of aliphatic hydroxyl groups is 1. The normalized spacial score (nSPS) is 11.9. The number of rotatable bonds is 11. The van der Waals surface area contributed by atoms with Crippen molar-refractivity contribution in [3.8, 4) is 90.8 Å². The molecular formula is C92H113ClIr2N8O4. The molecule has 15 heteroatoms. The van der Waals surface area contributed by atoms with Crippen LogP contribution >= 0.6 is 0 Å². The van der Waals surface area contributed by atoms with Crippen LogP contribution in [0.5, 0.6) is 0 Å². The summed E-state index contributed by atoms with van der Waals surface area (Å²) in [6, 6.07) is 64.2. The Kier molecular flexibility index (Phi) is 33.5. The van der Waals surface area contributed by atoms with Crippen LogP contribution in [0.25, 0.3) is 90.8 Å². The van der Waals surface area contributed by atoms with Gasteiger partial charge in [-0.3, -0.25) is 14.4 Å². The molecule has 107 heavy (non-hydrogen) atoms. The van der Waals surface area contributed by atoms with E-state index in [0.29, 0.717) is 34.9 Å². The summed E-state index contributed by atoms with van der Waals surface area (Å²) in [5.74, 6) is 4.28. The molecule has 0 aliphatic heterocycles. The molecule has 0 saturated carbocycles. The molecule has 0 saturated heterocycles. The van der Waals surface area contributed by atoms with Crippen molar-refractivity contribution in [2.75, 3.05) is 0 Å². The van der Waals surface area contributed by atoms with Gasteiger partial charge in [0.2, 0.25) is 0 Å². The van der Waals surface area contributed by atoms with E-state index in [1.165, 1.54) is 28.3 Å². The van der Waals surface area contributed by atoms with Crippen molar-refractivity contribution in [3.05, 3.63) is 242 Å². The molecule has 0 fully saturated rings. The van der Waals surface area contributed by atoms with Crippen molar-refractivity contribution < 1.29 is 71.3 Å². The monoisotopic (exact) mass is 1810 g/mol. The van der Waals surface area contributed by atoms with Crippen molar-refractivity contribution in [1.82, 2.24) is 39.9 Å². The van der Waals surface area contributed by atoms with Crippen molar-refractivity contribution in [2.45, 2.75) is 194 Å². The molecule has 0 amide bonds. The molecule has 12 nitrogen and oxygen atoms in total. The Hall–Kier alpha value is -8.35. The molecule has 0 aliphatic carbocycles. The molecular weight excluding hydrogens is 1700 g/mol. The summed E-state index contributed by atoms with van der Waals surface area (Å²) in [4.78, 5) is 71.2. The van der Waals surface area contributed by atoms with Crippen LogP contribution in [-0.4, -0.2) is 67.1 Å². The van der Waals surface area contributed by atoms with Gasteiger partial charge in [0.25, 0.3) is 0 Å². The standard InChI is InChI=1S/2C34H33N4.2C11H20O2.CH3Cl.CH3.2Ir/c2*1-33(2,3)27-16-12-24(13-17-27)30-36-31(25-14-18-28(19-15-25)34(4,5)6)38-32(37-30)26-20-21-35-29(22-26)23-10-8-7-9-11-23;2*1-10(2,3)8(12)7-9(13)11(4,5)6;1-2;;;/h2*7-10,12-22H,1-6H3;7H2,1-6H3;7,12H,1-6H3;2H,1H2;1H3;;/q2*-1;;;;+1;;/p+1. The minimum atomic E-state index is -0.402. The molecule has 2 N–H and O–H groups in total. The van der Waals surface area contributed by atoms with E-state index in [9.17, 15) is 19.5 Å². The van der Waals surface area contributed by atoms with Crippen LogP contribution in [0.15, 0.2) is 194 Å². The summed E-state index contributed by atoms with van der Waals surface area (Å²) in [7, 11) is 0. The number of aliphatic hydroxyl groups excluding tert-OH is 1. The average molecular weight is 1810 g/mol. The Balaban J connectivity index is 0.000000404. The van der Waals surface area contributed by atoms with E-state index in [1.807, 2.05) is 156 Å². The summed E-state index contributed by atoms with van der Waals surface area (Å²) in [5, 5.41) is 9.60. The Morgan fingerprint density at radius 1 is 0.383 bits per heavy atom. The number of benzene rings is 6. The predicted octanol–water partition coefficient (Wildman–Crippen LogP) is 22.8. The van der Waals surface area contributed by atoms with Gasteiger partial charge in [-0.2, -0.15) is 0 Å². The zero-order chi connectivity index (χ0) is 77.6. The van der Waals surface area contributed by atoms with E-state index in [1.54, 1.807) is 12.4 Å². The number of hydrogen-bond acceptors (Lipinski definition) is 11. The van der Waals surface area contributed by atoms with Crippen LogP contribution in [0.3, 0.4) is 0 Å². The average Bonchev–Trinajstić information content (AvgIpc) is 0.793. The van der Waals surface area contributed by atoms with Gasteiger partial charge in [-0.1, -0.05) is 273 Å². The number of aromatic nitrogens is 8. The zero-order valence-corrected chi connectivity index (χ0v) is 73.3. The number of carbonyl (C=O) groups is 2. The number of carbonyl (C=O) groups excluding carboxylic acids is 3. The van der Waals surface area contributed by atoms with E-state index >= 15 is 0 Å². The van der Waals surface area contributed by atoms with Gasteiger partial charge in [0.15, 0.2) is 34.9 Å². The first-order valence-electron chi connectivity index (χ1n) is 35.4. The van der Waals surface area contributed by atoms with Gasteiger partial charge in [-0.05, 0) is 88.2 Å². The van der Waals surface area contributed by atoms with Gasteiger partial charge < -0.3 is 15.1 Å². The third-order valence-electron chi connectivity index (χ3n) is 17.1. The topological polar surface area (TPSA) is 179 Å². The summed E-state index contributed by atoms with van der Waals surface area (Å²) in [6.07, 6.45) is 7.93. The molecule has 0 aliphatic rings. The first-order chi connectivity index (χ1) is 48.2. The number of pyridine rings is 2. The second-order valence-corrected chi connectivity index (χ2v) is 34.3. The molecule has 2 radical (unpaired) electrons. The number of halogens is 1. The largest absolute Gasteiger partial charge is 0.511 e. The number of Topliss-reactive ketones (excluding diaryl/α,β-unsaturated/α-hetero) is 2. The molecule has 570 valence electrons. The van der Waals surface area contributed by atoms with E-state index in [4.69, 9.17) is 29.9 Å². The predicted molar refractivity (Wildman–Crippen MR) is 434 cm³/mol. The quantitative estimate of drug-likeness (QED) is 0.0428. The van der Waals surface area contributed by atoms with E-state index < -0.39 is 10.8 Å². The van der Waals surface area contributed by atoms with Crippen molar-refractivity contribution in [1.29, 1.82) is 0 Å². The van der Waals surface area contributed by atoms with Crippen LogP contribution in [0.2, 0.25) is 0 Å². The molecule has 0 unspecified atom stereocenters. The van der Waals surface area contributed by atoms with E-state index in [-0.39, 0.29) is 110 Å². The van der Waals surface area contributed by atoms with Crippen LogP contribution in [-0.2, 0) is 71.5 Å². The van der Waals surface area contributed by atoms with Gasteiger partial charge in [0.1, 0.15) is 17.3 Å². The molecule has 0 atom stereocenters. The second kappa shape index (κ2) is 38.6. The smallest absolute Gasteiger partial charge is 0.325 e. The van der Waals surface area contributed by atoms with Crippen molar-refractivity contribution in [3.63, 3.8) is 0 Å². The summed E-state index contributed by atoms with van der Waals surface area (Å²) < 4.78 is 0. The molecule has 4 heterocycles. The van der Waals surface area contributed by atoms with Crippen LogP contribution in [0.1, 0.15) is 195 Å². The third-order valence-corrected chi connectivity index (χ3v) is 17.1. The Labute approximate surface area is 672 Å². The maximum Gasteiger partial charge on any atom is 0.325 e. The fraction of sp³-hybridized carbons (Fsp3) is 0.359. The summed E-state index contributed by atoms with van der Waals surface area (Å²) in [5.41, 5.74) is 13.1. The van der Waals surface area contributed by atoms with Crippen molar-refractivity contribution in [2.24, 2.45) is 21.7 Å². The first kappa shape index (κ1) is 92.9. The number of nitrogens with zero attached hydrogens (tertiary/aromatic N) is 8. The maximum atomic E-state index is 11.5. The Morgan fingerprint density at radius 2 is 0.636 bits per heavy atom. The summed E-state index contributed by atoms with van der Waals surface area (Å²) in [6.45, 7) is 49.0. The Bertz CT molecular complexity index is 4110. The van der Waals surface area contributed by atoms with Gasteiger partial charge in [0, 0.05) is 110 Å². The van der Waals surface area contributed by atoms with E-state index in [2.05, 4.69) is 220 Å². The first-order valence-corrected chi connectivity index (χ1v) is 36.0. The second-order valence-electron chi connectivity index (χ2n) is 34.3. The maximum absolute atomic E-state index is 11.5. The fourth-order valence-electron chi connectivity index (χ4n) is 9.78. The van der Waals surface area contributed by atoms with Crippen LogP contribution < -0.4 is 0 Å². The third kappa shape index (κ3) is 27.7. The van der Waals surface area contributed by atoms with Gasteiger partial charge in [-0.25, -0.2) is 29.9 Å². The minimum Gasteiger partial charge on any atom is -0.511 e. The SMILES string of the molecule is CC(C)(C)C(=O)CC(=O)C(C)(C)C.CC(C)(C)C(=[OH+])C=C(O)C(C)(C)C.CC(C)(C)c1ccc(-c2nc(-c3ccc(C(C)(C)C)cc3)nc(-c3ccnc(-c4[c-]cccc4)c3)n2)cc1.CC(C)(C)c1ccc(-c2nc(-c3ccc(C(C)(C)C)cc3)nc(-c3ccnc(-c4[c-]cccc4)c3)n2)cc1.[CH2-][ClH+].[CH3+].[Ir].[Ir]. The van der Waals surface area contributed by atoms with Gasteiger partial charge in [-0.15, -0.1) is 71.8 Å². The van der Waals surface area contributed by atoms with Gasteiger partial charge in [0.05, 0.1) is 17.9 Å². The zero-order valence-electron chi connectivity index (χ0n) is 67.7. The molecule has 6 aromatic carbocycles. The van der Waals surface area contributed by atoms with Crippen LogP contribution in [0.4, 0.5) is 0 Å². The minimum absolute atomic E-state index is 0. The summed E-state index contributed by atoms with van der Waals surface area (Å²) >= 11 is 3.83. The fourth-order valence-corrected chi connectivity index (χ4v) is 9.78. The Morgan fingerprint density at radius 3 is 0.841 bits per heavy atom. The molecule has 10 aromatic rings. The molecule has 0 spiro atoms. The van der Waals surface area contributed by atoms with Crippen LogP contribution in [0, 0.1) is 59.2 Å². The van der Waals surface area contributed by atoms with Gasteiger partial charge >= 0.3 is 5.78 Å². The molecule has 10 rings (SSSR count).